The van der Waals surface area contributed by atoms with E-state index in [0.29, 0.717) is 43.7 Å². The Morgan fingerprint density at radius 3 is 2.19 bits per heavy atom. The van der Waals surface area contributed by atoms with Crippen molar-refractivity contribution in [2.24, 2.45) is 11.3 Å². The quantitative estimate of drug-likeness (QED) is 0.290. The van der Waals surface area contributed by atoms with E-state index < -0.39 is 67.8 Å². The summed E-state index contributed by atoms with van der Waals surface area (Å²) in [4.78, 5) is 15.3. The third kappa shape index (κ3) is 4.84. The van der Waals surface area contributed by atoms with Gasteiger partial charge in [-0.15, -0.1) is 5.10 Å². The highest BCUT2D eigenvalue weighted by Crippen LogP contribution is 2.64. The molecule has 256 valence electrons. The standard InChI is InChI=1S/C30H31F8N5O3S/c1-26-13-12-20(28(32,29(33,34)35)30(36,37)38)16-19(26)6-11-23-27(26,47(45,46)22-9-7-21(31)8-10-22)14-15-43(23)25(44)18-4-2-17(3-5-18)24-39-41-42-40-24/h7-10,12,16-18,23H,2-6,11,13-15H2,1H3,(H,39,40,41,42)/t17-,18-,23-,26?,27+/m0/s1. The van der Waals surface area contributed by atoms with E-state index in [1.807, 2.05) is 0 Å². The van der Waals surface area contributed by atoms with E-state index in [1.54, 1.807) is 0 Å². The van der Waals surface area contributed by atoms with Gasteiger partial charge >= 0.3 is 18.0 Å². The zero-order valence-electron chi connectivity index (χ0n) is 25.0. The molecule has 3 fully saturated rings. The molecule has 1 unspecified atom stereocenters. The van der Waals surface area contributed by atoms with Crippen LogP contribution in [0.2, 0.25) is 0 Å². The molecule has 8 nitrogen and oxygen atoms in total. The number of aromatic nitrogens is 4. The Morgan fingerprint density at radius 1 is 0.979 bits per heavy atom. The first-order chi connectivity index (χ1) is 21.9. The van der Waals surface area contributed by atoms with E-state index in [2.05, 4.69) is 20.6 Å². The van der Waals surface area contributed by atoms with Gasteiger partial charge in [0.15, 0.2) is 15.7 Å². The average Bonchev–Trinajstić information content (AvgIpc) is 3.69. The van der Waals surface area contributed by atoms with Gasteiger partial charge in [-0.05, 0) is 86.1 Å². The lowest BCUT2D eigenvalue weighted by atomic mass is 9.57. The molecule has 4 aliphatic rings. The maximum atomic E-state index is 15.2. The molecule has 2 heterocycles. The maximum Gasteiger partial charge on any atom is 0.435 e. The largest absolute Gasteiger partial charge is 0.435 e. The number of tetrazole rings is 1. The number of amides is 1. The Kier molecular flexibility index (Phi) is 7.91. The lowest BCUT2D eigenvalue weighted by molar-refractivity contribution is -0.325. The first-order valence-corrected chi connectivity index (χ1v) is 16.6. The number of allylic oxidation sites excluding steroid dienone is 4. The molecule has 0 radical (unpaired) electrons. The van der Waals surface area contributed by atoms with Crippen molar-refractivity contribution in [1.82, 2.24) is 25.5 Å². The fourth-order valence-electron chi connectivity index (χ4n) is 8.44. The number of H-pyrrole nitrogens is 1. The molecule has 0 bridgehead atoms. The molecule has 1 saturated heterocycles. The van der Waals surface area contributed by atoms with Gasteiger partial charge in [-0.2, -0.15) is 26.3 Å². The zero-order valence-corrected chi connectivity index (χ0v) is 25.8. The van der Waals surface area contributed by atoms with Gasteiger partial charge in [0.2, 0.25) is 5.91 Å². The molecule has 2 saturated carbocycles. The number of hydrogen-bond donors (Lipinski definition) is 1. The van der Waals surface area contributed by atoms with Crippen LogP contribution in [0.1, 0.15) is 70.0 Å². The Hall–Kier alpha value is -3.37. The predicted octanol–water partition coefficient (Wildman–Crippen LogP) is 6.32. The lowest BCUT2D eigenvalue weighted by Gasteiger charge is -2.56. The smallest absolute Gasteiger partial charge is 0.338 e. The van der Waals surface area contributed by atoms with Crippen molar-refractivity contribution in [2.75, 3.05) is 6.54 Å². The Bertz CT molecular complexity index is 1690. The van der Waals surface area contributed by atoms with Gasteiger partial charge in [-0.1, -0.05) is 24.6 Å². The number of sulfone groups is 1. The van der Waals surface area contributed by atoms with Crippen LogP contribution in [-0.2, 0) is 14.6 Å². The van der Waals surface area contributed by atoms with Crippen LogP contribution >= 0.6 is 0 Å². The average molecular weight is 694 g/mol. The highest BCUT2D eigenvalue weighted by molar-refractivity contribution is 7.93. The summed E-state index contributed by atoms with van der Waals surface area (Å²) in [5.41, 5.74) is -9.03. The number of halogens is 8. The second kappa shape index (κ2) is 11.1. The molecular weight excluding hydrogens is 662 g/mol. The summed E-state index contributed by atoms with van der Waals surface area (Å²) in [5.74, 6) is -0.873. The predicted molar refractivity (Wildman–Crippen MR) is 149 cm³/mol. The van der Waals surface area contributed by atoms with Gasteiger partial charge in [-0.25, -0.2) is 22.3 Å². The monoisotopic (exact) mass is 693 g/mol. The van der Waals surface area contributed by atoms with Gasteiger partial charge < -0.3 is 4.90 Å². The van der Waals surface area contributed by atoms with E-state index in [1.165, 1.54) is 11.8 Å². The molecule has 17 heteroatoms. The summed E-state index contributed by atoms with van der Waals surface area (Å²) in [5, 5.41) is 13.8. The lowest BCUT2D eigenvalue weighted by Crippen LogP contribution is -2.64. The van der Waals surface area contributed by atoms with Crippen molar-refractivity contribution in [3.63, 3.8) is 0 Å². The summed E-state index contributed by atoms with van der Waals surface area (Å²) in [6, 6.07) is 2.96. The Labute approximate surface area is 264 Å². The fraction of sp³-hybridized carbons (Fsp3) is 0.600. The molecule has 1 aliphatic heterocycles. The number of aromatic amines is 1. The second-order valence-electron chi connectivity index (χ2n) is 13.0. The van der Waals surface area contributed by atoms with Crippen molar-refractivity contribution in [3.05, 3.63) is 59.2 Å². The van der Waals surface area contributed by atoms with Crippen molar-refractivity contribution < 1.29 is 48.3 Å². The Balaban J connectivity index is 1.40. The number of hydrogen-bond acceptors (Lipinski definition) is 6. The summed E-state index contributed by atoms with van der Waals surface area (Å²) in [6.07, 6.45) is -10.7. The van der Waals surface area contributed by atoms with Gasteiger partial charge in [0.1, 0.15) is 10.6 Å². The number of rotatable bonds is 5. The molecule has 2 aromatic rings. The molecule has 3 aliphatic carbocycles. The highest BCUT2D eigenvalue weighted by atomic mass is 32.2. The molecule has 47 heavy (non-hydrogen) atoms. The van der Waals surface area contributed by atoms with Gasteiger partial charge in [0.05, 0.1) is 10.9 Å². The van der Waals surface area contributed by atoms with Gasteiger partial charge in [0, 0.05) is 29.4 Å². The van der Waals surface area contributed by atoms with Crippen LogP contribution in [0, 0.1) is 17.2 Å². The van der Waals surface area contributed by atoms with Crippen molar-refractivity contribution in [3.8, 4) is 0 Å². The van der Waals surface area contributed by atoms with Crippen LogP contribution in [0.25, 0.3) is 0 Å². The van der Waals surface area contributed by atoms with Gasteiger partial charge in [0.25, 0.3) is 0 Å². The van der Waals surface area contributed by atoms with Gasteiger partial charge in [-0.3, -0.25) is 4.79 Å². The van der Waals surface area contributed by atoms with Crippen LogP contribution < -0.4 is 0 Å². The van der Waals surface area contributed by atoms with E-state index >= 15 is 4.39 Å². The molecular formula is C30H31F8N5O3S. The normalized spacial score (nSPS) is 30.3. The first-order valence-electron chi connectivity index (χ1n) is 15.2. The zero-order chi connectivity index (χ0) is 34.2. The molecule has 1 amide bonds. The number of carbonyl (C=O) groups excluding carboxylic acids is 1. The summed E-state index contributed by atoms with van der Waals surface area (Å²) < 4.78 is 139. The van der Waals surface area contributed by atoms with Crippen LogP contribution in [0.15, 0.2) is 52.5 Å². The van der Waals surface area contributed by atoms with E-state index in [0.717, 1.165) is 24.3 Å². The van der Waals surface area contributed by atoms with E-state index in [-0.39, 0.29) is 48.1 Å². The maximum absolute atomic E-state index is 15.2. The van der Waals surface area contributed by atoms with Crippen LogP contribution in [0.3, 0.4) is 0 Å². The van der Waals surface area contributed by atoms with Crippen LogP contribution in [0.5, 0.6) is 0 Å². The van der Waals surface area contributed by atoms with Crippen molar-refractivity contribution in [1.29, 1.82) is 0 Å². The summed E-state index contributed by atoms with van der Waals surface area (Å²) in [7, 11) is -4.55. The van der Waals surface area contributed by atoms with Crippen LogP contribution in [-0.4, -0.2) is 75.2 Å². The number of fused-ring (bicyclic) bond motifs is 3. The number of alkyl halides is 7. The molecule has 6 rings (SSSR count). The minimum absolute atomic E-state index is 0.00565. The van der Waals surface area contributed by atoms with Crippen LogP contribution in [0.4, 0.5) is 35.1 Å². The Morgan fingerprint density at radius 2 is 1.62 bits per heavy atom. The minimum atomic E-state index is -6.34. The third-order valence-corrected chi connectivity index (χ3v) is 13.7. The molecule has 1 aromatic carbocycles. The number of likely N-dealkylation sites (tertiary alicyclic amines) is 1. The first kappa shape index (κ1) is 33.5. The SMILES string of the molecule is CC12CC=C(C(F)(C(F)(F)F)C(F)(F)F)C=C1CC[C@@H]1N(C(=O)[C@H]3CC[C@H](c4nnn[nH]4)CC3)CC[C@@]12S(=O)(=O)c1ccc(F)cc1. The molecule has 3 atom stereocenters. The second-order valence-corrected chi connectivity index (χ2v) is 15.2. The molecule has 0 spiro atoms. The van der Waals surface area contributed by atoms with E-state index in [4.69, 9.17) is 0 Å². The highest BCUT2D eigenvalue weighted by Gasteiger charge is 2.75. The topological polar surface area (TPSA) is 109 Å². The molecule has 1 N–H and O–H groups in total. The molecule has 1 aromatic heterocycles. The summed E-state index contributed by atoms with van der Waals surface area (Å²) in [6.45, 7) is 1.40. The van der Waals surface area contributed by atoms with Crippen molar-refractivity contribution >= 4 is 15.7 Å². The minimum Gasteiger partial charge on any atom is -0.338 e. The third-order valence-electron chi connectivity index (χ3n) is 10.9. The number of nitrogens with zero attached hydrogens (tertiary/aromatic N) is 4. The number of nitrogens with one attached hydrogen (secondary N) is 1. The summed E-state index contributed by atoms with van der Waals surface area (Å²) >= 11 is 0. The van der Waals surface area contributed by atoms with E-state index in [9.17, 15) is 43.9 Å². The number of carbonyl (C=O) groups is 1. The number of benzene rings is 1. The van der Waals surface area contributed by atoms with Crippen molar-refractivity contribution in [2.45, 2.75) is 97.9 Å². The fourth-order valence-corrected chi connectivity index (χ4v) is 11.1.